The summed E-state index contributed by atoms with van der Waals surface area (Å²) in [5.74, 6) is 0.611. The van der Waals surface area contributed by atoms with Gasteiger partial charge in [0.2, 0.25) is 0 Å². The quantitative estimate of drug-likeness (QED) is 0.805. The molecule has 0 atom stereocenters. The van der Waals surface area contributed by atoms with Crippen LogP contribution >= 0.6 is 27.5 Å². The van der Waals surface area contributed by atoms with Crippen LogP contribution in [0.2, 0.25) is 5.02 Å². The summed E-state index contributed by atoms with van der Waals surface area (Å²) in [5.41, 5.74) is 2.61. The van der Waals surface area contributed by atoms with Crippen LogP contribution in [0.4, 0.5) is 0 Å². The Morgan fingerprint density at radius 3 is 2.50 bits per heavy atom. The molecule has 1 saturated carbocycles. The summed E-state index contributed by atoms with van der Waals surface area (Å²) in [5, 5.41) is 4.53. The first kappa shape index (κ1) is 14.1. The minimum Gasteiger partial charge on any atom is -0.310 e. The fraction of sp³-hybridized carbons (Fsp3) is 0.294. The van der Waals surface area contributed by atoms with Crippen LogP contribution in [0, 0.1) is 0 Å². The predicted molar refractivity (Wildman–Crippen MR) is 88.2 cm³/mol. The van der Waals surface area contributed by atoms with Crippen LogP contribution in [0.15, 0.2) is 53.0 Å². The van der Waals surface area contributed by atoms with Gasteiger partial charge < -0.3 is 5.32 Å². The van der Waals surface area contributed by atoms with E-state index < -0.39 is 0 Å². The molecule has 3 heteroatoms. The van der Waals surface area contributed by atoms with Gasteiger partial charge in [-0.1, -0.05) is 63.9 Å². The van der Waals surface area contributed by atoms with Gasteiger partial charge in [-0.2, -0.15) is 0 Å². The minimum absolute atomic E-state index is 0.600. The van der Waals surface area contributed by atoms with Crippen LogP contribution in [0.3, 0.4) is 0 Å². The van der Waals surface area contributed by atoms with Gasteiger partial charge in [0.15, 0.2) is 0 Å². The molecule has 0 aliphatic heterocycles. The molecule has 20 heavy (non-hydrogen) atoms. The number of hydrogen-bond donors (Lipinski definition) is 1. The van der Waals surface area contributed by atoms with E-state index in [0.717, 1.165) is 11.6 Å². The Bertz CT molecular complexity index is 590. The Kier molecular flexibility index (Phi) is 4.45. The zero-order valence-electron chi connectivity index (χ0n) is 11.2. The second-order valence-electron chi connectivity index (χ2n) is 5.36. The fourth-order valence-electron chi connectivity index (χ4n) is 2.74. The molecule has 0 saturated heterocycles. The number of benzene rings is 2. The summed E-state index contributed by atoms with van der Waals surface area (Å²) in [7, 11) is 0. The van der Waals surface area contributed by atoms with Crippen molar-refractivity contribution in [3.05, 3.63) is 69.2 Å². The zero-order valence-corrected chi connectivity index (χ0v) is 13.5. The standard InChI is InChI=1S/C17H17BrClN/c18-16-7-3-1-5-12(16)11-20-14-9-13(10-14)15-6-2-4-8-17(15)19/h1-8,13-14,20H,9-11H2. The van der Waals surface area contributed by atoms with Crippen molar-refractivity contribution in [2.45, 2.75) is 31.3 Å². The number of hydrogen-bond acceptors (Lipinski definition) is 1. The van der Waals surface area contributed by atoms with Gasteiger partial charge >= 0.3 is 0 Å². The summed E-state index contributed by atoms with van der Waals surface area (Å²) < 4.78 is 1.18. The Balaban J connectivity index is 1.52. The SMILES string of the molecule is Clc1ccccc1C1CC(NCc2ccccc2Br)C1. The highest BCUT2D eigenvalue weighted by Gasteiger charge is 2.30. The molecule has 0 spiro atoms. The van der Waals surface area contributed by atoms with Crippen molar-refractivity contribution in [3.8, 4) is 0 Å². The van der Waals surface area contributed by atoms with Gasteiger partial charge in [0.1, 0.15) is 0 Å². The van der Waals surface area contributed by atoms with Crippen molar-refractivity contribution in [1.82, 2.24) is 5.32 Å². The zero-order chi connectivity index (χ0) is 13.9. The third-order valence-corrected chi connectivity index (χ3v) is 5.14. The maximum absolute atomic E-state index is 6.25. The summed E-state index contributed by atoms with van der Waals surface area (Å²) in [4.78, 5) is 0. The molecule has 0 amide bonds. The Morgan fingerprint density at radius 1 is 1.05 bits per heavy atom. The molecule has 1 fully saturated rings. The maximum atomic E-state index is 6.25. The Morgan fingerprint density at radius 2 is 1.75 bits per heavy atom. The van der Waals surface area contributed by atoms with Crippen molar-refractivity contribution in [2.75, 3.05) is 0 Å². The summed E-state index contributed by atoms with van der Waals surface area (Å²) >= 11 is 9.83. The molecule has 3 rings (SSSR count). The number of nitrogens with one attached hydrogen (secondary N) is 1. The second-order valence-corrected chi connectivity index (χ2v) is 6.62. The smallest absolute Gasteiger partial charge is 0.0440 e. The second kappa shape index (κ2) is 6.30. The van der Waals surface area contributed by atoms with E-state index in [-0.39, 0.29) is 0 Å². The van der Waals surface area contributed by atoms with E-state index in [1.807, 2.05) is 18.2 Å². The number of rotatable bonds is 4. The first-order valence-electron chi connectivity index (χ1n) is 6.95. The highest BCUT2D eigenvalue weighted by Crippen LogP contribution is 2.40. The molecular formula is C17H17BrClN. The van der Waals surface area contributed by atoms with Gasteiger partial charge in [0.05, 0.1) is 0 Å². The van der Waals surface area contributed by atoms with Crippen molar-refractivity contribution in [1.29, 1.82) is 0 Å². The fourth-order valence-corrected chi connectivity index (χ4v) is 3.46. The molecule has 0 bridgehead atoms. The predicted octanol–water partition coefficient (Wildman–Crippen LogP) is 5.14. The monoisotopic (exact) mass is 349 g/mol. The molecule has 1 aliphatic rings. The number of halogens is 2. The largest absolute Gasteiger partial charge is 0.310 e. The van der Waals surface area contributed by atoms with Gasteiger partial charge in [-0.3, -0.25) is 0 Å². The lowest BCUT2D eigenvalue weighted by Gasteiger charge is -2.37. The van der Waals surface area contributed by atoms with Crippen LogP contribution in [-0.2, 0) is 6.54 Å². The van der Waals surface area contributed by atoms with Crippen molar-refractivity contribution >= 4 is 27.5 Å². The third-order valence-electron chi connectivity index (χ3n) is 4.02. The molecular weight excluding hydrogens is 334 g/mol. The van der Waals surface area contributed by atoms with E-state index >= 15 is 0 Å². The molecule has 1 N–H and O–H groups in total. The van der Waals surface area contributed by atoms with E-state index in [1.165, 1.54) is 28.4 Å². The van der Waals surface area contributed by atoms with Gasteiger partial charge in [0.25, 0.3) is 0 Å². The molecule has 2 aromatic carbocycles. The lowest BCUT2D eigenvalue weighted by molar-refractivity contribution is 0.289. The first-order valence-corrected chi connectivity index (χ1v) is 8.12. The average Bonchev–Trinajstić information content (AvgIpc) is 2.41. The molecule has 0 radical (unpaired) electrons. The average molecular weight is 351 g/mol. The molecule has 2 aromatic rings. The van der Waals surface area contributed by atoms with E-state index in [2.05, 4.69) is 51.6 Å². The molecule has 0 aromatic heterocycles. The molecule has 0 heterocycles. The third kappa shape index (κ3) is 3.08. The molecule has 104 valence electrons. The van der Waals surface area contributed by atoms with E-state index in [9.17, 15) is 0 Å². The lowest BCUT2D eigenvalue weighted by Crippen LogP contribution is -2.39. The van der Waals surface area contributed by atoms with Crippen molar-refractivity contribution in [3.63, 3.8) is 0 Å². The van der Waals surface area contributed by atoms with Crippen LogP contribution in [-0.4, -0.2) is 6.04 Å². The van der Waals surface area contributed by atoms with Crippen molar-refractivity contribution in [2.24, 2.45) is 0 Å². The maximum Gasteiger partial charge on any atom is 0.0440 e. The summed E-state index contributed by atoms with van der Waals surface area (Å²) in [6, 6.07) is 17.2. The molecule has 1 nitrogen and oxygen atoms in total. The highest BCUT2D eigenvalue weighted by molar-refractivity contribution is 9.10. The van der Waals surface area contributed by atoms with Gasteiger partial charge in [-0.05, 0) is 42.0 Å². The Labute approximate surface area is 133 Å². The summed E-state index contributed by atoms with van der Waals surface area (Å²) in [6.07, 6.45) is 2.35. The van der Waals surface area contributed by atoms with E-state index in [4.69, 9.17) is 11.6 Å². The van der Waals surface area contributed by atoms with Crippen molar-refractivity contribution < 1.29 is 0 Å². The minimum atomic E-state index is 0.600. The van der Waals surface area contributed by atoms with Crippen LogP contribution in [0.1, 0.15) is 29.9 Å². The normalized spacial score (nSPS) is 21.5. The lowest BCUT2D eigenvalue weighted by atomic mass is 9.76. The molecule has 0 unspecified atom stereocenters. The highest BCUT2D eigenvalue weighted by atomic mass is 79.9. The topological polar surface area (TPSA) is 12.0 Å². The van der Waals surface area contributed by atoms with E-state index in [1.54, 1.807) is 0 Å². The van der Waals surface area contributed by atoms with Gasteiger partial charge in [-0.25, -0.2) is 0 Å². The van der Waals surface area contributed by atoms with Crippen LogP contribution < -0.4 is 5.32 Å². The van der Waals surface area contributed by atoms with Crippen LogP contribution in [0.5, 0.6) is 0 Å². The van der Waals surface area contributed by atoms with Gasteiger partial charge in [0, 0.05) is 22.1 Å². The first-order chi connectivity index (χ1) is 9.74. The van der Waals surface area contributed by atoms with Gasteiger partial charge in [-0.15, -0.1) is 0 Å². The van der Waals surface area contributed by atoms with Crippen LogP contribution in [0.25, 0.3) is 0 Å². The molecule has 1 aliphatic carbocycles. The van der Waals surface area contributed by atoms with E-state index in [0.29, 0.717) is 12.0 Å². The summed E-state index contributed by atoms with van der Waals surface area (Å²) in [6.45, 7) is 0.918. The Hall–Kier alpha value is -0.830.